The number of nitrogens with zero attached hydrogens (tertiary/aromatic N) is 1. The highest BCUT2D eigenvalue weighted by Crippen LogP contribution is 2.18. The van der Waals surface area contributed by atoms with Crippen molar-refractivity contribution in [1.82, 2.24) is 0 Å². The molecule has 4 nitrogen and oxygen atoms in total. The first kappa shape index (κ1) is 14.7. The molecular formula is C13H19NO3S. The molecule has 0 saturated heterocycles. The normalized spacial score (nSPS) is 14.5. The summed E-state index contributed by atoms with van der Waals surface area (Å²) in [6.07, 6.45) is 0.393. The van der Waals surface area contributed by atoms with E-state index in [1.54, 1.807) is 26.0 Å². The maximum atomic E-state index is 12.0. The number of sulfone groups is 1. The molecule has 1 N–H and O–H groups in total. The minimum atomic E-state index is -3.28. The van der Waals surface area contributed by atoms with Gasteiger partial charge in [-0.3, -0.25) is 0 Å². The number of aryl methyl sites for hydroxylation is 1. The van der Waals surface area contributed by atoms with Crippen molar-refractivity contribution >= 4 is 15.5 Å². The second-order valence-electron chi connectivity index (χ2n) is 4.15. The summed E-state index contributed by atoms with van der Waals surface area (Å²) in [5.41, 5.74) is 1.82. The average Bonchev–Trinajstić information content (AvgIpc) is 2.36. The van der Waals surface area contributed by atoms with Crippen LogP contribution >= 0.6 is 0 Å². The number of rotatable bonds is 5. The summed E-state index contributed by atoms with van der Waals surface area (Å²) in [6, 6.07) is 7.31. The van der Waals surface area contributed by atoms with Crippen LogP contribution in [0.1, 0.15) is 31.4 Å². The van der Waals surface area contributed by atoms with Gasteiger partial charge < -0.3 is 5.21 Å². The molecule has 5 heteroatoms. The van der Waals surface area contributed by atoms with Crippen molar-refractivity contribution < 1.29 is 13.6 Å². The van der Waals surface area contributed by atoms with Crippen LogP contribution < -0.4 is 0 Å². The van der Waals surface area contributed by atoms with Gasteiger partial charge in [0.05, 0.1) is 0 Å². The molecule has 1 aromatic rings. The molecule has 0 amide bonds. The molecule has 1 unspecified atom stereocenters. The van der Waals surface area contributed by atoms with Crippen LogP contribution in [0.2, 0.25) is 0 Å². The van der Waals surface area contributed by atoms with Gasteiger partial charge in [0.1, 0.15) is 11.0 Å². The lowest BCUT2D eigenvalue weighted by Gasteiger charge is -2.17. The van der Waals surface area contributed by atoms with E-state index >= 15 is 0 Å². The Hall–Kier alpha value is -1.36. The van der Waals surface area contributed by atoms with Crippen LogP contribution in [-0.2, 0) is 9.84 Å². The fraction of sp³-hybridized carbons (Fsp3) is 0.462. The van der Waals surface area contributed by atoms with Crippen molar-refractivity contribution in [1.29, 1.82) is 0 Å². The van der Waals surface area contributed by atoms with Crippen LogP contribution in [0.25, 0.3) is 0 Å². The number of benzene rings is 1. The molecule has 0 aliphatic carbocycles. The summed E-state index contributed by atoms with van der Waals surface area (Å²) >= 11 is 0. The van der Waals surface area contributed by atoms with Gasteiger partial charge in [0, 0.05) is 11.3 Å². The Labute approximate surface area is 108 Å². The van der Waals surface area contributed by atoms with Crippen molar-refractivity contribution in [2.24, 2.45) is 5.16 Å². The molecule has 1 aromatic carbocycles. The van der Waals surface area contributed by atoms with Crippen LogP contribution in [0.15, 0.2) is 29.4 Å². The van der Waals surface area contributed by atoms with Crippen LogP contribution in [0, 0.1) is 6.92 Å². The minimum absolute atomic E-state index is 0.0381. The zero-order chi connectivity index (χ0) is 13.8. The van der Waals surface area contributed by atoms with Crippen LogP contribution in [0.4, 0.5) is 0 Å². The SMILES string of the molecule is CCC(/C(=N/O)c1ccccc1C)S(=O)(=O)CC. The first-order valence-corrected chi connectivity index (χ1v) is 7.69. The lowest BCUT2D eigenvalue weighted by Crippen LogP contribution is -2.32. The van der Waals surface area contributed by atoms with Crippen molar-refractivity contribution in [3.8, 4) is 0 Å². The van der Waals surface area contributed by atoms with Gasteiger partial charge in [0.25, 0.3) is 0 Å². The van der Waals surface area contributed by atoms with Crippen molar-refractivity contribution in [2.75, 3.05) is 5.75 Å². The van der Waals surface area contributed by atoms with Gasteiger partial charge >= 0.3 is 0 Å². The Morgan fingerprint density at radius 3 is 2.39 bits per heavy atom. The average molecular weight is 269 g/mol. The van der Waals surface area contributed by atoms with Gasteiger partial charge in [-0.1, -0.05) is 43.3 Å². The maximum absolute atomic E-state index is 12.0. The largest absolute Gasteiger partial charge is 0.411 e. The summed E-state index contributed by atoms with van der Waals surface area (Å²) in [5.74, 6) is 0.0381. The summed E-state index contributed by atoms with van der Waals surface area (Å²) in [5, 5.41) is 11.7. The zero-order valence-corrected chi connectivity index (χ0v) is 11.7. The molecular weight excluding hydrogens is 250 g/mol. The van der Waals surface area contributed by atoms with E-state index < -0.39 is 15.1 Å². The molecule has 0 aromatic heterocycles. The van der Waals surface area contributed by atoms with E-state index in [1.165, 1.54) is 0 Å². The van der Waals surface area contributed by atoms with Crippen LogP contribution in [0.5, 0.6) is 0 Å². The van der Waals surface area contributed by atoms with E-state index in [1.807, 2.05) is 19.1 Å². The first-order valence-electron chi connectivity index (χ1n) is 5.97. The smallest absolute Gasteiger partial charge is 0.158 e. The highest BCUT2D eigenvalue weighted by molar-refractivity contribution is 7.92. The van der Waals surface area contributed by atoms with Gasteiger partial charge in [-0.15, -0.1) is 0 Å². The standard InChI is InChI=1S/C13H19NO3S/c1-4-12(18(16,17)5-2)13(14-15)11-9-7-6-8-10(11)3/h6-9,12,15H,4-5H2,1-3H3/b14-13+. The lowest BCUT2D eigenvalue weighted by atomic mass is 10.0. The molecule has 100 valence electrons. The number of hydrogen-bond acceptors (Lipinski definition) is 4. The summed E-state index contributed by atoms with van der Waals surface area (Å²) < 4.78 is 24.0. The highest BCUT2D eigenvalue weighted by atomic mass is 32.2. The molecule has 0 radical (unpaired) electrons. The van der Waals surface area contributed by atoms with E-state index in [2.05, 4.69) is 5.16 Å². The molecule has 0 spiro atoms. The van der Waals surface area contributed by atoms with Gasteiger partial charge in [-0.2, -0.15) is 0 Å². The Bertz CT molecular complexity index is 535. The zero-order valence-electron chi connectivity index (χ0n) is 10.9. The lowest BCUT2D eigenvalue weighted by molar-refractivity contribution is 0.318. The first-order chi connectivity index (χ1) is 8.47. The molecule has 0 bridgehead atoms. The molecule has 18 heavy (non-hydrogen) atoms. The van der Waals surface area contributed by atoms with Gasteiger partial charge in [-0.05, 0) is 18.9 Å². The van der Waals surface area contributed by atoms with E-state index in [0.29, 0.717) is 12.0 Å². The molecule has 0 aliphatic heterocycles. The van der Waals surface area contributed by atoms with Crippen molar-refractivity contribution in [3.05, 3.63) is 35.4 Å². The summed E-state index contributed by atoms with van der Waals surface area (Å²) in [7, 11) is -3.28. The summed E-state index contributed by atoms with van der Waals surface area (Å²) in [4.78, 5) is 0. The number of oxime groups is 1. The van der Waals surface area contributed by atoms with E-state index in [0.717, 1.165) is 5.56 Å². The molecule has 1 rings (SSSR count). The van der Waals surface area contributed by atoms with Crippen molar-refractivity contribution in [3.63, 3.8) is 0 Å². The van der Waals surface area contributed by atoms with Gasteiger partial charge in [-0.25, -0.2) is 8.42 Å². The third-order valence-corrected chi connectivity index (χ3v) is 5.27. The third kappa shape index (κ3) is 2.90. The second-order valence-corrected chi connectivity index (χ2v) is 6.62. The van der Waals surface area contributed by atoms with Crippen molar-refractivity contribution in [2.45, 2.75) is 32.4 Å². The molecule has 0 saturated carbocycles. The monoisotopic (exact) mass is 269 g/mol. The van der Waals surface area contributed by atoms with Crippen LogP contribution in [-0.4, -0.2) is 30.3 Å². The Balaban J connectivity index is 3.31. The molecule has 0 aliphatic rings. The topological polar surface area (TPSA) is 66.7 Å². The fourth-order valence-electron chi connectivity index (χ4n) is 1.97. The van der Waals surface area contributed by atoms with Gasteiger partial charge in [0.2, 0.25) is 0 Å². The highest BCUT2D eigenvalue weighted by Gasteiger charge is 2.29. The minimum Gasteiger partial charge on any atom is -0.411 e. The summed E-state index contributed by atoms with van der Waals surface area (Å²) in [6.45, 7) is 5.25. The van der Waals surface area contributed by atoms with E-state index in [9.17, 15) is 13.6 Å². The second kappa shape index (κ2) is 6.00. The Morgan fingerprint density at radius 2 is 1.94 bits per heavy atom. The fourth-order valence-corrected chi connectivity index (χ4v) is 3.40. The predicted octanol–water partition coefficient (Wildman–Crippen LogP) is 2.39. The maximum Gasteiger partial charge on any atom is 0.158 e. The quantitative estimate of drug-likeness (QED) is 0.507. The number of hydrogen-bond donors (Lipinski definition) is 1. The Morgan fingerprint density at radius 1 is 1.33 bits per heavy atom. The molecule has 1 atom stereocenters. The Kier molecular flexibility index (Phi) is 4.90. The van der Waals surface area contributed by atoms with Crippen LogP contribution in [0.3, 0.4) is 0 Å². The predicted molar refractivity (Wildman–Crippen MR) is 73.0 cm³/mol. The molecule has 0 heterocycles. The third-order valence-electron chi connectivity index (χ3n) is 3.04. The molecule has 0 fully saturated rings. The van der Waals surface area contributed by atoms with Gasteiger partial charge in [0.15, 0.2) is 9.84 Å². The van der Waals surface area contributed by atoms with E-state index in [4.69, 9.17) is 0 Å². The van der Waals surface area contributed by atoms with E-state index in [-0.39, 0.29) is 11.5 Å².